The number of hydroxylamine groups is 1. The van der Waals surface area contributed by atoms with Gasteiger partial charge in [0, 0.05) is 38.9 Å². The fourth-order valence-corrected chi connectivity index (χ4v) is 1.59. The topological polar surface area (TPSA) is 157 Å². The smallest absolute Gasteiger partial charge is 0.276 e. The zero-order valence-electron chi connectivity index (χ0n) is 24.4. The van der Waals surface area contributed by atoms with E-state index in [-0.39, 0.29) is 65.0 Å². The number of pyridine rings is 2. The number of carbonyl (C=O) groups is 1. The predicted octanol–water partition coefficient (Wildman–Crippen LogP) is 3.86. The van der Waals surface area contributed by atoms with Gasteiger partial charge in [-0.2, -0.15) is 6.07 Å². The summed E-state index contributed by atoms with van der Waals surface area (Å²) in [6.07, 6.45) is 5.04. The first-order valence-corrected chi connectivity index (χ1v) is 12.2. The Kier molecular flexibility index (Phi) is 58.0. The number of aromatic nitrogens is 2. The minimum Gasteiger partial charge on any atom is -0.394 e. The number of carbonyl (C=O) groups excluding carboxylic acids is 2. The minimum atomic E-state index is -0.357. The summed E-state index contributed by atoms with van der Waals surface area (Å²) in [5, 5.41) is 16.3. The van der Waals surface area contributed by atoms with Crippen molar-refractivity contribution in [3.05, 3.63) is 59.2 Å². The van der Waals surface area contributed by atoms with Crippen molar-refractivity contribution in [1.82, 2.24) is 15.4 Å². The largest absolute Gasteiger partial charge is 0.394 e. The van der Waals surface area contributed by atoms with Gasteiger partial charge in [0.25, 0.3) is 5.91 Å². The first kappa shape index (κ1) is 48.4. The van der Waals surface area contributed by atoms with Crippen molar-refractivity contribution in [1.29, 1.82) is 0 Å². The van der Waals surface area contributed by atoms with E-state index in [1.165, 1.54) is 0 Å². The Morgan fingerprint density at radius 3 is 1.68 bits per heavy atom. The number of hydrogen-bond donors (Lipinski definition) is 4. The quantitative estimate of drug-likeness (QED) is 0.210. The Morgan fingerprint density at radius 1 is 0.892 bits per heavy atom. The van der Waals surface area contributed by atoms with Crippen LogP contribution in [-0.2, 0) is 47.2 Å². The van der Waals surface area contributed by atoms with Crippen LogP contribution in [0.5, 0.6) is 0 Å². The molecule has 213 valence electrons. The van der Waals surface area contributed by atoms with Crippen LogP contribution < -0.4 is 11.4 Å². The molecule has 5 N–H and O–H groups in total. The van der Waals surface area contributed by atoms with Gasteiger partial charge >= 0.3 is 0 Å². The van der Waals surface area contributed by atoms with Crippen molar-refractivity contribution in [3.8, 4) is 0 Å². The molecule has 37 heavy (non-hydrogen) atoms. The molecule has 1 radical (unpaired) electrons. The van der Waals surface area contributed by atoms with E-state index in [1.807, 2.05) is 55.4 Å². The second kappa shape index (κ2) is 44.3. The van der Waals surface area contributed by atoms with Crippen molar-refractivity contribution in [2.45, 2.75) is 69.2 Å². The standard InChI is InChI=1S/C9H12N2O3.C7H6NO.C2H7NO2.4C2H6.Y/c1-7-8(3-2-4-10-7)9(13)11-14-6-5-12;1-6-7(5-9)3-2-4-8-6;3-5-2-1-4;4*1-2;/h2-4,12H,5-6H2,1H3,(H,11,13);2-4H,1H3;4H,1-3H2;4*1-2H3;/q;-1;;;;;;. The molecule has 2 rings (SSSR count). The molecule has 0 atom stereocenters. The summed E-state index contributed by atoms with van der Waals surface area (Å²) in [5.41, 5.74) is 4.57. The van der Waals surface area contributed by atoms with Gasteiger partial charge in [-0.1, -0.05) is 68.0 Å². The fraction of sp³-hybridized carbons (Fsp3) is 0.538. The van der Waals surface area contributed by atoms with E-state index in [0.717, 1.165) is 5.69 Å². The van der Waals surface area contributed by atoms with Gasteiger partial charge < -0.3 is 24.8 Å². The molecule has 0 aliphatic heterocycles. The SMILES string of the molecule is CC.CC.CC.CC.Cc1ncccc1C(=O)NOCCO.Cc1ncccc1[C-]=O.NOCCO.[Y]. The maximum atomic E-state index is 11.4. The molecule has 10 nitrogen and oxygen atoms in total. The Morgan fingerprint density at radius 2 is 1.35 bits per heavy atom. The third-order valence-electron chi connectivity index (χ3n) is 2.94. The summed E-state index contributed by atoms with van der Waals surface area (Å²) in [7, 11) is 0. The fourth-order valence-electron chi connectivity index (χ4n) is 1.59. The molecular formula is C26H49N4O6Y-. The Bertz CT molecular complexity index is 708. The molecule has 0 unspecified atom stereocenters. The third kappa shape index (κ3) is 32.3. The molecule has 0 aromatic carbocycles. The van der Waals surface area contributed by atoms with Crippen LogP contribution in [0.3, 0.4) is 0 Å². The molecule has 2 aromatic heterocycles. The monoisotopic (exact) mass is 602 g/mol. The number of nitrogens with one attached hydrogen (secondary N) is 1. The van der Waals surface area contributed by atoms with Gasteiger partial charge in [0.1, 0.15) is 0 Å². The molecule has 0 fully saturated rings. The van der Waals surface area contributed by atoms with Gasteiger partial charge in [0.15, 0.2) is 0 Å². The molecule has 0 aliphatic carbocycles. The maximum absolute atomic E-state index is 11.4. The predicted molar refractivity (Wildman–Crippen MR) is 146 cm³/mol. The number of hydrogen-bond acceptors (Lipinski definition) is 9. The van der Waals surface area contributed by atoms with Gasteiger partial charge in [-0.3, -0.25) is 14.6 Å². The molecule has 0 saturated carbocycles. The number of amides is 1. The van der Waals surface area contributed by atoms with Gasteiger partial charge in [-0.15, -0.1) is 11.6 Å². The van der Waals surface area contributed by atoms with E-state index in [0.29, 0.717) is 16.8 Å². The number of aryl methyl sites for hydroxylation is 2. The van der Waals surface area contributed by atoms with Crippen LogP contribution in [-0.4, -0.2) is 58.8 Å². The number of aliphatic hydroxyl groups excluding tert-OH is 2. The van der Waals surface area contributed by atoms with Gasteiger partial charge in [0.2, 0.25) is 0 Å². The summed E-state index contributed by atoms with van der Waals surface area (Å²) in [5.74, 6) is 4.12. The van der Waals surface area contributed by atoms with E-state index in [4.69, 9.17) is 10.2 Å². The van der Waals surface area contributed by atoms with E-state index < -0.39 is 0 Å². The first-order chi connectivity index (χ1) is 17.5. The minimum absolute atomic E-state index is 0. The van der Waals surface area contributed by atoms with E-state index in [9.17, 15) is 9.59 Å². The van der Waals surface area contributed by atoms with Gasteiger partial charge in [0.05, 0.1) is 44.0 Å². The van der Waals surface area contributed by atoms with Crippen LogP contribution in [0.25, 0.3) is 0 Å². The van der Waals surface area contributed by atoms with Crippen LogP contribution in [0.1, 0.15) is 82.7 Å². The van der Waals surface area contributed by atoms with E-state index in [2.05, 4.69) is 31.0 Å². The van der Waals surface area contributed by atoms with Crippen molar-refractivity contribution in [2.75, 3.05) is 26.4 Å². The Balaban J connectivity index is -0.0000000906. The van der Waals surface area contributed by atoms with Crippen molar-refractivity contribution >= 4 is 12.2 Å². The third-order valence-corrected chi connectivity index (χ3v) is 2.94. The van der Waals surface area contributed by atoms with Crippen LogP contribution in [0.15, 0.2) is 36.7 Å². The summed E-state index contributed by atoms with van der Waals surface area (Å²) < 4.78 is 0. The maximum Gasteiger partial charge on any atom is 0.276 e. The van der Waals surface area contributed by atoms with Crippen LogP contribution in [0.4, 0.5) is 0 Å². The van der Waals surface area contributed by atoms with Gasteiger partial charge in [-0.25, -0.2) is 11.4 Å². The average molecular weight is 603 g/mol. The molecular weight excluding hydrogens is 553 g/mol. The van der Waals surface area contributed by atoms with E-state index >= 15 is 0 Å². The van der Waals surface area contributed by atoms with Gasteiger partial charge in [-0.05, 0) is 25.3 Å². The number of nitrogens with two attached hydrogens (primary N) is 1. The van der Waals surface area contributed by atoms with Crippen LogP contribution >= 0.6 is 0 Å². The molecule has 11 heteroatoms. The average Bonchev–Trinajstić information content (AvgIpc) is 2.95. The molecule has 0 aliphatic rings. The molecule has 0 spiro atoms. The van der Waals surface area contributed by atoms with Crippen LogP contribution in [0, 0.1) is 13.8 Å². The molecule has 2 heterocycles. The Labute approximate surface area is 249 Å². The summed E-state index contributed by atoms with van der Waals surface area (Å²) in [6.45, 7) is 19.7. The molecule has 0 bridgehead atoms. The van der Waals surface area contributed by atoms with Crippen molar-refractivity contribution < 1.29 is 62.2 Å². The second-order valence-electron chi connectivity index (χ2n) is 4.97. The molecule has 0 saturated heterocycles. The normalized spacial score (nSPS) is 7.70. The summed E-state index contributed by atoms with van der Waals surface area (Å²) >= 11 is 0. The van der Waals surface area contributed by atoms with Crippen LogP contribution in [0.2, 0.25) is 0 Å². The molecule has 2 aromatic rings. The zero-order valence-corrected chi connectivity index (χ0v) is 27.2. The Hall–Kier alpha value is -1.66. The number of nitrogens with zero attached hydrogens (tertiary/aromatic N) is 2. The van der Waals surface area contributed by atoms with E-state index in [1.54, 1.807) is 56.8 Å². The summed E-state index contributed by atoms with van der Waals surface area (Å²) in [6, 6.07) is 6.73. The number of aliphatic hydroxyl groups is 2. The van der Waals surface area contributed by atoms with Crippen molar-refractivity contribution in [2.24, 2.45) is 5.90 Å². The summed E-state index contributed by atoms with van der Waals surface area (Å²) in [4.78, 5) is 37.9. The first-order valence-electron chi connectivity index (χ1n) is 12.2. The zero-order chi connectivity index (χ0) is 29.2. The molecule has 1 amide bonds. The van der Waals surface area contributed by atoms with Crippen molar-refractivity contribution in [3.63, 3.8) is 0 Å². The number of rotatable bonds is 7. The second-order valence-corrected chi connectivity index (χ2v) is 4.97.